The van der Waals surface area contributed by atoms with Crippen LogP contribution in [-0.4, -0.2) is 29.3 Å². The van der Waals surface area contributed by atoms with Crippen LogP contribution in [0.3, 0.4) is 0 Å². The smallest absolute Gasteiger partial charge is 0.242 e. The molecule has 0 aliphatic carbocycles. The fraction of sp³-hybridized carbons (Fsp3) is 0.333. The predicted octanol–water partition coefficient (Wildman–Crippen LogP) is 4.62. The van der Waals surface area contributed by atoms with Crippen LogP contribution in [0, 0.1) is 5.82 Å². The van der Waals surface area contributed by atoms with Crippen molar-refractivity contribution in [3.63, 3.8) is 0 Å². The Morgan fingerprint density at radius 2 is 1.86 bits per heavy atom. The lowest BCUT2D eigenvalue weighted by molar-refractivity contribution is -0.140. The SMILES string of the molecule is CCCNC(=O)[C@@H](C)N(Cc1ccccc1F)C(=O)Cc1ccc(Cl)c(Cl)c1. The van der Waals surface area contributed by atoms with E-state index in [0.29, 0.717) is 27.7 Å². The van der Waals surface area contributed by atoms with Crippen molar-refractivity contribution in [3.05, 3.63) is 69.5 Å². The van der Waals surface area contributed by atoms with E-state index in [1.54, 1.807) is 43.3 Å². The molecule has 4 nitrogen and oxygen atoms in total. The molecule has 2 amide bonds. The number of hydrogen-bond acceptors (Lipinski definition) is 2. The molecule has 0 aliphatic rings. The first kappa shape index (κ1) is 22.2. The molecule has 2 aromatic rings. The number of hydrogen-bond donors (Lipinski definition) is 1. The maximum absolute atomic E-state index is 14.1. The van der Waals surface area contributed by atoms with Crippen molar-refractivity contribution < 1.29 is 14.0 Å². The monoisotopic (exact) mass is 424 g/mol. The Labute approximate surface area is 174 Å². The number of benzene rings is 2. The summed E-state index contributed by atoms with van der Waals surface area (Å²) in [7, 11) is 0. The third-order valence-electron chi connectivity index (χ3n) is 4.35. The second-order valence-electron chi connectivity index (χ2n) is 6.51. The van der Waals surface area contributed by atoms with Gasteiger partial charge >= 0.3 is 0 Å². The van der Waals surface area contributed by atoms with Gasteiger partial charge in [-0.05, 0) is 37.1 Å². The average molecular weight is 425 g/mol. The third-order valence-corrected chi connectivity index (χ3v) is 5.09. The van der Waals surface area contributed by atoms with Crippen LogP contribution in [0.15, 0.2) is 42.5 Å². The molecule has 0 saturated heterocycles. The zero-order valence-electron chi connectivity index (χ0n) is 15.8. The van der Waals surface area contributed by atoms with Crippen LogP contribution < -0.4 is 5.32 Å². The van der Waals surface area contributed by atoms with Gasteiger partial charge in [0.2, 0.25) is 11.8 Å². The molecule has 7 heteroatoms. The normalized spacial score (nSPS) is 11.8. The number of nitrogens with one attached hydrogen (secondary N) is 1. The highest BCUT2D eigenvalue weighted by Crippen LogP contribution is 2.23. The zero-order chi connectivity index (χ0) is 20.7. The minimum atomic E-state index is -0.749. The summed E-state index contributed by atoms with van der Waals surface area (Å²) in [5.74, 6) is -1.00. The van der Waals surface area contributed by atoms with E-state index in [1.807, 2.05) is 6.92 Å². The average Bonchev–Trinajstić information content (AvgIpc) is 2.67. The van der Waals surface area contributed by atoms with Gasteiger partial charge < -0.3 is 10.2 Å². The summed E-state index contributed by atoms with van der Waals surface area (Å²) in [5.41, 5.74) is 1.01. The van der Waals surface area contributed by atoms with Crippen LogP contribution in [0.2, 0.25) is 10.0 Å². The highest BCUT2D eigenvalue weighted by Gasteiger charge is 2.26. The fourth-order valence-electron chi connectivity index (χ4n) is 2.71. The molecule has 0 heterocycles. The minimum absolute atomic E-state index is 0.00641. The van der Waals surface area contributed by atoms with Crippen molar-refractivity contribution in [1.29, 1.82) is 0 Å². The van der Waals surface area contributed by atoms with Crippen LogP contribution in [0.1, 0.15) is 31.4 Å². The molecule has 0 bridgehead atoms. The van der Waals surface area contributed by atoms with Gasteiger partial charge in [0.25, 0.3) is 0 Å². The van der Waals surface area contributed by atoms with E-state index < -0.39 is 11.9 Å². The molecule has 0 saturated carbocycles. The van der Waals surface area contributed by atoms with Gasteiger partial charge in [-0.25, -0.2) is 4.39 Å². The Balaban J connectivity index is 2.25. The van der Waals surface area contributed by atoms with Crippen LogP contribution in [0.5, 0.6) is 0 Å². The van der Waals surface area contributed by atoms with Gasteiger partial charge in [-0.3, -0.25) is 9.59 Å². The molecular formula is C21H23Cl2FN2O2. The topological polar surface area (TPSA) is 49.4 Å². The van der Waals surface area contributed by atoms with Crippen LogP contribution in [0.4, 0.5) is 4.39 Å². The van der Waals surface area contributed by atoms with Crippen LogP contribution >= 0.6 is 23.2 Å². The largest absolute Gasteiger partial charge is 0.354 e. The molecule has 0 aromatic heterocycles. The second-order valence-corrected chi connectivity index (χ2v) is 7.32. The first-order chi connectivity index (χ1) is 13.3. The maximum Gasteiger partial charge on any atom is 0.242 e. The van der Waals surface area contributed by atoms with Gasteiger partial charge in [0.05, 0.1) is 16.5 Å². The van der Waals surface area contributed by atoms with Crippen molar-refractivity contribution in [2.75, 3.05) is 6.54 Å². The van der Waals surface area contributed by atoms with E-state index in [-0.39, 0.29) is 24.8 Å². The summed E-state index contributed by atoms with van der Waals surface area (Å²) in [4.78, 5) is 26.8. The van der Waals surface area contributed by atoms with Gasteiger partial charge in [-0.2, -0.15) is 0 Å². The Kier molecular flexibility index (Phi) is 8.27. The Morgan fingerprint density at radius 1 is 1.14 bits per heavy atom. The maximum atomic E-state index is 14.1. The van der Waals surface area contributed by atoms with Gasteiger partial charge in [0, 0.05) is 18.7 Å². The van der Waals surface area contributed by atoms with Crippen molar-refractivity contribution in [3.8, 4) is 0 Å². The summed E-state index contributed by atoms with van der Waals surface area (Å²) in [6, 6.07) is 10.4. The summed E-state index contributed by atoms with van der Waals surface area (Å²) < 4.78 is 14.1. The van der Waals surface area contributed by atoms with E-state index in [4.69, 9.17) is 23.2 Å². The number of carbonyl (C=O) groups excluding carboxylic acids is 2. The summed E-state index contributed by atoms with van der Waals surface area (Å²) >= 11 is 12.0. The molecule has 0 radical (unpaired) electrons. The lowest BCUT2D eigenvalue weighted by atomic mass is 10.1. The number of carbonyl (C=O) groups is 2. The van der Waals surface area contributed by atoms with Gasteiger partial charge in [0.1, 0.15) is 11.9 Å². The molecule has 0 aliphatic heterocycles. The molecule has 150 valence electrons. The first-order valence-electron chi connectivity index (χ1n) is 9.08. The lowest BCUT2D eigenvalue weighted by Gasteiger charge is -2.29. The minimum Gasteiger partial charge on any atom is -0.354 e. The van der Waals surface area contributed by atoms with E-state index in [9.17, 15) is 14.0 Å². The molecular weight excluding hydrogens is 402 g/mol. The first-order valence-corrected chi connectivity index (χ1v) is 9.83. The van der Waals surface area contributed by atoms with E-state index in [1.165, 1.54) is 11.0 Å². The molecule has 1 atom stereocenters. The quantitative estimate of drug-likeness (QED) is 0.671. The fourth-order valence-corrected chi connectivity index (χ4v) is 3.04. The Morgan fingerprint density at radius 3 is 2.50 bits per heavy atom. The third kappa shape index (κ3) is 5.94. The molecule has 2 rings (SSSR count). The molecule has 0 spiro atoms. The number of amides is 2. The van der Waals surface area contributed by atoms with E-state index >= 15 is 0 Å². The van der Waals surface area contributed by atoms with Crippen LogP contribution in [0.25, 0.3) is 0 Å². The zero-order valence-corrected chi connectivity index (χ0v) is 17.4. The molecule has 0 fully saturated rings. The van der Waals surface area contributed by atoms with E-state index in [0.717, 1.165) is 6.42 Å². The summed E-state index contributed by atoms with van der Waals surface area (Å²) in [6.45, 7) is 4.08. The second kappa shape index (κ2) is 10.4. The Hall–Kier alpha value is -2.11. The highest BCUT2D eigenvalue weighted by atomic mass is 35.5. The number of rotatable bonds is 8. The number of nitrogens with zero attached hydrogens (tertiary/aromatic N) is 1. The highest BCUT2D eigenvalue weighted by molar-refractivity contribution is 6.42. The molecule has 0 unspecified atom stereocenters. The molecule has 1 N–H and O–H groups in total. The van der Waals surface area contributed by atoms with Gasteiger partial charge in [0.15, 0.2) is 0 Å². The van der Waals surface area contributed by atoms with Crippen molar-refractivity contribution in [1.82, 2.24) is 10.2 Å². The van der Waals surface area contributed by atoms with Crippen molar-refractivity contribution in [2.45, 2.75) is 39.3 Å². The van der Waals surface area contributed by atoms with E-state index in [2.05, 4.69) is 5.32 Å². The van der Waals surface area contributed by atoms with Crippen molar-refractivity contribution in [2.24, 2.45) is 0 Å². The standard InChI is InChI=1S/C21H23Cl2FN2O2/c1-3-10-25-21(28)14(2)26(13-16-6-4-5-7-19(16)24)20(27)12-15-8-9-17(22)18(23)11-15/h4-9,11,14H,3,10,12-13H2,1-2H3,(H,25,28)/t14-/m1/s1. The van der Waals surface area contributed by atoms with Crippen molar-refractivity contribution >= 4 is 35.0 Å². The lowest BCUT2D eigenvalue weighted by Crippen LogP contribution is -2.48. The molecule has 2 aromatic carbocycles. The Bertz CT molecular complexity index is 845. The predicted molar refractivity (Wildman–Crippen MR) is 110 cm³/mol. The summed E-state index contributed by atoms with van der Waals surface area (Å²) in [5, 5.41) is 3.53. The summed E-state index contributed by atoms with van der Waals surface area (Å²) in [6.07, 6.45) is 0.805. The molecule has 28 heavy (non-hydrogen) atoms. The van der Waals surface area contributed by atoms with Gasteiger partial charge in [-0.1, -0.05) is 54.4 Å². The van der Waals surface area contributed by atoms with Gasteiger partial charge in [-0.15, -0.1) is 0 Å². The number of halogens is 3. The van der Waals surface area contributed by atoms with Crippen LogP contribution in [-0.2, 0) is 22.6 Å².